The molecule has 45 heteroatoms. The summed E-state index contributed by atoms with van der Waals surface area (Å²) in [7, 11) is 0. The summed E-state index contributed by atoms with van der Waals surface area (Å²) < 4.78 is 132. The number of hydrogen-bond acceptors (Lipinski definition) is 23. The van der Waals surface area contributed by atoms with Crippen LogP contribution < -0.4 is 0 Å². The number of ketones is 3. The van der Waals surface area contributed by atoms with Crippen LogP contribution in [0.2, 0.25) is 0 Å². The van der Waals surface area contributed by atoms with Crippen molar-refractivity contribution in [3.63, 3.8) is 0 Å². The van der Waals surface area contributed by atoms with Crippen LogP contribution in [0, 0.1) is 63.3 Å². The number of aryl methyl sites for hydroxylation is 1. The highest BCUT2D eigenvalue weighted by Gasteiger charge is 2.28. The summed E-state index contributed by atoms with van der Waals surface area (Å²) in [6.45, 7) is 13.2. The second kappa shape index (κ2) is 72.5. The Hall–Kier alpha value is -7.05. The Bertz CT molecular complexity index is 4940. The first-order valence-corrected chi connectivity index (χ1v) is 50.7. The average Bonchev–Trinajstić information content (AvgIpc) is 1.65. The number of nitrogens with zero attached hydrogens (tertiary/aromatic N) is 2. The van der Waals surface area contributed by atoms with Crippen molar-refractivity contribution in [2.24, 2.45) is 22.3 Å². The van der Waals surface area contributed by atoms with Crippen molar-refractivity contribution >= 4 is 255 Å². The van der Waals surface area contributed by atoms with Crippen LogP contribution in [0.25, 0.3) is 0 Å². The predicted molar refractivity (Wildman–Crippen MR) is 498 cm³/mol. The van der Waals surface area contributed by atoms with E-state index >= 15 is 0 Å². The van der Waals surface area contributed by atoms with E-state index in [1.165, 1.54) is 67.6 Å². The van der Waals surface area contributed by atoms with E-state index in [1.54, 1.807) is 67.6 Å². The number of carboxylic acids is 1. The molecule has 0 bridgehead atoms. The number of oxime groups is 1. The normalized spacial score (nSPS) is 10.9. The zero-order chi connectivity index (χ0) is 98.4. The molecule has 2 aliphatic carbocycles. The summed E-state index contributed by atoms with van der Waals surface area (Å²) in [4.78, 5) is 130. The zero-order valence-corrected chi connectivity index (χ0v) is 86.9. The number of carbonyl (C=O) groups excluding carboxylic acids is 11. The van der Waals surface area contributed by atoms with Crippen molar-refractivity contribution < 1.29 is 136 Å². The molecular formula is C83H79Br11ClF8N2O22P. The van der Waals surface area contributed by atoms with Gasteiger partial charge in [-0.2, -0.15) is 19.2 Å². The zero-order valence-electron chi connectivity index (χ0n) is 67.8. The van der Waals surface area contributed by atoms with E-state index in [2.05, 4.69) is 236 Å². The summed E-state index contributed by atoms with van der Waals surface area (Å²) in [5.74, 6) is -3.13. The van der Waals surface area contributed by atoms with Crippen LogP contribution in [0.1, 0.15) is 144 Å². The molecule has 0 spiro atoms. The summed E-state index contributed by atoms with van der Waals surface area (Å²) in [6.07, 6.45) is 5.58. The second-order valence-electron chi connectivity index (χ2n) is 24.8. The Labute approximate surface area is 826 Å². The Morgan fingerprint density at radius 1 is 0.547 bits per heavy atom. The van der Waals surface area contributed by atoms with Crippen molar-refractivity contribution in [2.75, 3.05) is 19.8 Å². The second-order valence-corrected chi connectivity index (χ2v) is 50.3. The first kappa shape index (κ1) is 125. The van der Waals surface area contributed by atoms with Crippen LogP contribution >= 0.6 is 189 Å². The summed E-state index contributed by atoms with van der Waals surface area (Å²) in [6, 6.07) is 33.3. The van der Waals surface area contributed by atoms with Gasteiger partial charge in [-0.1, -0.05) is 76.0 Å². The molecule has 128 heavy (non-hydrogen) atoms. The lowest BCUT2D eigenvalue weighted by molar-refractivity contribution is -0.193. The van der Waals surface area contributed by atoms with Gasteiger partial charge < -0.3 is 39.2 Å². The van der Waals surface area contributed by atoms with E-state index in [0.29, 0.717) is 111 Å². The van der Waals surface area contributed by atoms with Crippen molar-refractivity contribution in [1.29, 1.82) is 0 Å². The van der Waals surface area contributed by atoms with Gasteiger partial charge in [0.25, 0.3) is 29.0 Å². The Morgan fingerprint density at radius 3 is 1.32 bits per heavy atom. The predicted octanol–water partition coefficient (Wildman–Crippen LogP) is 25.6. The van der Waals surface area contributed by atoms with E-state index in [0.717, 1.165) is 54.0 Å². The molecule has 2 aliphatic rings. The lowest BCUT2D eigenvalue weighted by Gasteiger charge is -2.12. The van der Waals surface area contributed by atoms with Gasteiger partial charge in [0, 0.05) is 89.2 Å². The van der Waals surface area contributed by atoms with Crippen LogP contribution in [0.4, 0.5) is 35.1 Å². The van der Waals surface area contributed by atoms with Gasteiger partial charge >= 0.3 is 24.2 Å². The SMILES string of the molecule is CC(C)CCON=O.CCC(CC)Cc1ccc(Br)c(F)c1.CCOC(=O)CC(C)=O.Fc1cc(CCl)ccc1Br.O=C(O)c1ccc(Br)c(F)c1.O=C1/C(=N/O)Cc2cc(F)c(Br)cc21.O=C1CCc2cc(F)c(Br)cc21.O=C=O.O=C=O.O=COC(Cc1ccc(Br)c(F)c1)OC=O.O=COCCc1ccc(Br)c(F)c1.O=P(Br)(Br)Br.OCc1ccc(Br)c(F)c1. The molecule has 0 atom stereocenters. The van der Waals surface area contributed by atoms with E-state index in [4.69, 9.17) is 46.2 Å². The van der Waals surface area contributed by atoms with Crippen LogP contribution in [-0.2, 0) is 116 Å². The van der Waals surface area contributed by atoms with Gasteiger partial charge in [-0.15, -0.1) is 16.5 Å². The summed E-state index contributed by atoms with van der Waals surface area (Å²) >= 11 is 38.0. The molecule has 24 nitrogen and oxygen atoms in total. The smallest absolute Gasteiger partial charge is 0.373 e. The molecule has 8 aromatic rings. The van der Waals surface area contributed by atoms with Crippen molar-refractivity contribution in [3.8, 4) is 0 Å². The number of rotatable bonds is 24. The molecular weight excluding hydrogens is 2470 g/mol. The lowest BCUT2D eigenvalue weighted by atomic mass is 9.95. The largest absolute Gasteiger partial charge is 0.478 e. The van der Waals surface area contributed by atoms with Crippen molar-refractivity contribution in [2.45, 2.75) is 125 Å². The van der Waals surface area contributed by atoms with Crippen LogP contribution in [-0.4, -0.2) is 108 Å². The summed E-state index contributed by atoms with van der Waals surface area (Å²) in [5, 5.41) is 30.6. The van der Waals surface area contributed by atoms with Gasteiger partial charge in [0.15, 0.2) is 11.1 Å². The molecule has 0 amide bonds. The number of ether oxygens (including phenoxy) is 4. The number of aliphatic hydroxyl groups is 1. The molecule has 0 radical (unpaired) electrons. The first-order valence-electron chi connectivity index (χ1n) is 36.0. The molecule has 0 aliphatic heterocycles. The fourth-order valence-electron chi connectivity index (χ4n) is 9.12. The maximum atomic E-state index is 13.2. The number of benzene rings is 8. The fraction of sp³-hybridized carbons (Fsp3) is 0.289. The maximum absolute atomic E-state index is 13.2. The third-order valence-electron chi connectivity index (χ3n) is 15.2. The van der Waals surface area contributed by atoms with Crippen LogP contribution in [0.5, 0.6) is 0 Å². The standard InChI is InChI=1S/C12H16BrF.C10H8BrFO4.C9H5BrFNO2.C9H8BrFO2.C9H6BrFO.C7H5BrClF.C7H4BrFO2.C7H6BrFO.C6H10O3.C5H11NO2.2CO2.Br3OP/c1-3-9(4-2)7-10-5-6-11(13)12(14)8-10;11-8-2-1-7(3-9(8)12)4-10(15-5-13)16-6-14;10-6-3-5-4(1-7(6)11)2-8(12-14)9(5)13;10-8-2-1-7(5-9(8)11)3-4-13-6-12;10-7-4-6-5(3-8(7)11)1-2-9(6)12;8-6-2-1-5(4-9)3-7(6)10;8-5-2-1-4(7(10)11)3-6(5)9;8-6-2-1-5(4-10)3-7(6)9;1-3-9-6(8)4-5(2)7;1-5(2)3-4-8-6-7;2*2-1-3;1-5(2,3)4/h5-6,8-9H,3-4,7H2,1-2H3;1-3,5-6,10H,4H2;1,3,14H,2H2;1-2,5-6H,3-4H2;3-4H,1-2H2;1-3H,4H2;1-3H,(H,10,11);1-3,10H,4H2;3-4H2,1-2H3;5H,3-4H2,1-2H3;;;/b;;12-8+;;;;;;;;;;. The van der Waals surface area contributed by atoms with Gasteiger partial charge in [-0.3, -0.25) is 38.1 Å². The van der Waals surface area contributed by atoms with E-state index < -0.39 is 38.9 Å². The minimum atomic E-state index is -2.20. The topological polar surface area (TPSA) is 371 Å². The number of carboxylic acid groups (broad SMARTS) is 1. The van der Waals surface area contributed by atoms with Gasteiger partial charge in [0.2, 0.25) is 5.78 Å². The minimum Gasteiger partial charge on any atom is -0.478 e. The quantitative estimate of drug-likeness (QED) is 0.00411. The molecule has 8 aromatic carbocycles. The highest BCUT2D eigenvalue weighted by molar-refractivity contribution is 9.94. The highest BCUT2D eigenvalue weighted by Crippen LogP contribution is 2.68. The molecule has 3 N–H and O–H groups in total. The van der Waals surface area contributed by atoms with Crippen molar-refractivity contribution in [1.82, 2.24) is 0 Å². The monoisotopic (exact) mass is 2540 g/mol. The van der Waals surface area contributed by atoms with Gasteiger partial charge in [-0.25, -0.2) is 39.9 Å². The number of halogens is 20. The third kappa shape index (κ3) is 58.0. The van der Waals surface area contributed by atoms with E-state index in [1.807, 2.05) is 6.07 Å². The number of esters is 1. The van der Waals surface area contributed by atoms with Crippen LogP contribution in [0.15, 0.2) is 180 Å². The molecule has 10 rings (SSSR count). The Morgan fingerprint density at radius 2 is 0.938 bits per heavy atom. The third-order valence-corrected chi connectivity index (χ3v) is 20.6. The molecule has 0 fully saturated rings. The number of fused-ring (bicyclic) bond motifs is 2. The number of carbonyl (C=O) groups is 8. The highest BCUT2D eigenvalue weighted by atomic mass is 80.0. The van der Waals surface area contributed by atoms with Gasteiger partial charge in [-0.05, 0) is 314 Å². The number of Topliss-reactive ketones (excluding diaryl/α,β-unsaturated/α-hetero) is 3. The first-order chi connectivity index (χ1) is 60.2. The molecule has 0 aromatic heterocycles. The number of aromatic carboxylic acids is 1. The number of alkyl halides is 1. The van der Waals surface area contributed by atoms with Gasteiger partial charge in [0.1, 0.15) is 71.1 Å². The Balaban J connectivity index is -0.00000134. The lowest BCUT2D eigenvalue weighted by Crippen LogP contribution is -2.18. The molecule has 0 unspecified atom stereocenters. The molecule has 0 saturated carbocycles. The van der Waals surface area contributed by atoms with Crippen LogP contribution in [0.3, 0.4) is 0 Å². The van der Waals surface area contributed by atoms with E-state index in [-0.39, 0.29) is 124 Å². The number of hydrogen-bond donors (Lipinski definition) is 3. The molecule has 698 valence electrons. The maximum Gasteiger partial charge on any atom is 0.373 e. The number of aliphatic hydroxyl groups excluding tert-OH is 1. The van der Waals surface area contributed by atoms with Gasteiger partial charge in [0.05, 0.1) is 61.2 Å². The average molecular weight is 2550 g/mol. The summed E-state index contributed by atoms with van der Waals surface area (Å²) in [5.41, 5.74) is 6.29. The van der Waals surface area contributed by atoms with Crippen molar-refractivity contribution in [3.05, 3.63) is 276 Å². The Kier molecular flexibility index (Phi) is 70.9. The molecule has 0 heterocycles. The van der Waals surface area contributed by atoms with E-state index in [9.17, 15) is 83.0 Å². The molecule has 0 saturated heterocycles. The fourth-order valence-corrected chi connectivity index (χ4v) is 11.5. The minimum absolute atomic E-state index is 0.0503.